The monoisotopic (exact) mass is 230 g/mol. The number of halogens is 1. The van der Waals surface area contributed by atoms with Crippen molar-refractivity contribution < 1.29 is 5.11 Å². The molecule has 1 saturated carbocycles. The normalized spacial score (nSPS) is 29.5. The Kier molecular flexibility index (Phi) is 2.19. The minimum absolute atomic E-state index is 0.127. The molecule has 0 bridgehead atoms. The molecule has 1 fully saturated rings. The van der Waals surface area contributed by atoms with Crippen LogP contribution in [0, 0.1) is 0 Å². The van der Waals surface area contributed by atoms with Crippen molar-refractivity contribution in [3.63, 3.8) is 0 Å². The fourth-order valence-electron chi connectivity index (χ4n) is 1.69. The van der Waals surface area contributed by atoms with E-state index >= 15 is 0 Å². The second-order valence-corrected chi connectivity index (χ2v) is 4.17. The maximum Gasteiger partial charge on any atom is 0.0632 e. The first-order valence-electron chi connectivity index (χ1n) is 4.13. The Morgan fingerprint density at radius 2 is 2.42 bits per heavy atom. The highest BCUT2D eigenvalue weighted by molar-refractivity contribution is 9.10. The van der Waals surface area contributed by atoms with Crippen LogP contribution in [-0.2, 0) is 0 Å². The first kappa shape index (κ1) is 8.26. The summed E-state index contributed by atoms with van der Waals surface area (Å²) in [6, 6.07) is 0.395. The molecule has 2 unspecified atom stereocenters. The Labute approximate surface area is 79.5 Å². The van der Waals surface area contributed by atoms with Crippen molar-refractivity contribution in [2.75, 3.05) is 0 Å². The SMILES string of the molecule is OC1CCC(n2cc(Br)cn2)C1. The molecular formula is C8H11BrN2O. The van der Waals surface area contributed by atoms with Gasteiger partial charge in [0, 0.05) is 6.20 Å². The molecule has 0 radical (unpaired) electrons. The molecule has 1 aromatic heterocycles. The van der Waals surface area contributed by atoms with E-state index in [1.165, 1.54) is 0 Å². The van der Waals surface area contributed by atoms with Crippen LogP contribution in [-0.4, -0.2) is 21.0 Å². The lowest BCUT2D eigenvalue weighted by Crippen LogP contribution is -2.07. The molecule has 0 spiro atoms. The van der Waals surface area contributed by atoms with E-state index in [2.05, 4.69) is 21.0 Å². The van der Waals surface area contributed by atoms with Crippen LogP contribution in [0.15, 0.2) is 16.9 Å². The summed E-state index contributed by atoms with van der Waals surface area (Å²) in [7, 11) is 0. The van der Waals surface area contributed by atoms with Gasteiger partial charge in [0.25, 0.3) is 0 Å². The van der Waals surface area contributed by atoms with Gasteiger partial charge in [0.05, 0.1) is 22.8 Å². The zero-order valence-electron chi connectivity index (χ0n) is 6.65. The smallest absolute Gasteiger partial charge is 0.0632 e. The highest BCUT2D eigenvalue weighted by Crippen LogP contribution is 2.29. The van der Waals surface area contributed by atoms with E-state index in [1.54, 1.807) is 6.20 Å². The molecule has 4 heteroatoms. The number of hydrogen-bond acceptors (Lipinski definition) is 2. The number of hydrogen-bond donors (Lipinski definition) is 1. The number of nitrogens with zero attached hydrogens (tertiary/aromatic N) is 2. The van der Waals surface area contributed by atoms with E-state index in [0.717, 1.165) is 23.7 Å². The molecule has 2 atom stereocenters. The van der Waals surface area contributed by atoms with Crippen LogP contribution < -0.4 is 0 Å². The van der Waals surface area contributed by atoms with Gasteiger partial charge < -0.3 is 5.11 Å². The molecule has 1 aromatic rings. The maximum atomic E-state index is 9.31. The highest BCUT2D eigenvalue weighted by Gasteiger charge is 2.24. The Morgan fingerprint density at radius 1 is 1.58 bits per heavy atom. The third-order valence-corrected chi connectivity index (χ3v) is 2.73. The van der Waals surface area contributed by atoms with Gasteiger partial charge in [-0.3, -0.25) is 4.68 Å². The molecule has 1 aliphatic carbocycles. The Balaban J connectivity index is 2.11. The number of aliphatic hydroxyl groups excluding tert-OH is 1. The van der Waals surface area contributed by atoms with Crippen molar-refractivity contribution >= 4 is 15.9 Å². The van der Waals surface area contributed by atoms with Gasteiger partial charge >= 0.3 is 0 Å². The molecule has 0 aliphatic heterocycles. The summed E-state index contributed by atoms with van der Waals surface area (Å²) >= 11 is 3.35. The second kappa shape index (κ2) is 3.18. The fourth-order valence-corrected chi connectivity index (χ4v) is 1.99. The fraction of sp³-hybridized carbons (Fsp3) is 0.625. The largest absolute Gasteiger partial charge is 0.393 e. The van der Waals surface area contributed by atoms with Crippen LogP contribution in [0.1, 0.15) is 25.3 Å². The predicted molar refractivity (Wildman–Crippen MR) is 48.8 cm³/mol. The minimum Gasteiger partial charge on any atom is -0.393 e. The molecular weight excluding hydrogens is 220 g/mol. The first-order chi connectivity index (χ1) is 5.75. The van der Waals surface area contributed by atoms with E-state index in [1.807, 2.05) is 10.9 Å². The summed E-state index contributed by atoms with van der Waals surface area (Å²) in [4.78, 5) is 0. The average molecular weight is 231 g/mol. The quantitative estimate of drug-likeness (QED) is 0.799. The maximum absolute atomic E-state index is 9.31. The number of aromatic nitrogens is 2. The van der Waals surface area contributed by atoms with E-state index < -0.39 is 0 Å². The summed E-state index contributed by atoms with van der Waals surface area (Å²) in [6.07, 6.45) is 6.40. The third-order valence-electron chi connectivity index (χ3n) is 2.32. The van der Waals surface area contributed by atoms with Gasteiger partial charge in [-0.15, -0.1) is 0 Å². The number of aliphatic hydroxyl groups is 1. The van der Waals surface area contributed by atoms with Crippen LogP contribution in [0.3, 0.4) is 0 Å². The van der Waals surface area contributed by atoms with Crippen LogP contribution >= 0.6 is 15.9 Å². The summed E-state index contributed by atoms with van der Waals surface area (Å²) in [5.41, 5.74) is 0. The number of rotatable bonds is 1. The molecule has 0 amide bonds. The van der Waals surface area contributed by atoms with Crippen molar-refractivity contribution in [3.05, 3.63) is 16.9 Å². The van der Waals surface area contributed by atoms with Gasteiger partial charge in [-0.2, -0.15) is 5.10 Å². The van der Waals surface area contributed by atoms with E-state index in [9.17, 15) is 5.11 Å². The van der Waals surface area contributed by atoms with Crippen LogP contribution in [0.4, 0.5) is 0 Å². The molecule has 1 N–H and O–H groups in total. The lowest BCUT2D eigenvalue weighted by Gasteiger charge is -2.08. The zero-order chi connectivity index (χ0) is 8.55. The first-order valence-corrected chi connectivity index (χ1v) is 4.93. The molecule has 1 aliphatic rings. The molecule has 0 aromatic carbocycles. The second-order valence-electron chi connectivity index (χ2n) is 3.26. The van der Waals surface area contributed by atoms with E-state index in [4.69, 9.17) is 0 Å². The summed E-state index contributed by atoms with van der Waals surface area (Å²) < 4.78 is 2.93. The zero-order valence-corrected chi connectivity index (χ0v) is 8.24. The molecule has 1 heterocycles. The van der Waals surface area contributed by atoms with Crippen molar-refractivity contribution in [1.29, 1.82) is 0 Å². The van der Waals surface area contributed by atoms with Gasteiger partial charge in [0.1, 0.15) is 0 Å². The molecule has 3 nitrogen and oxygen atoms in total. The Hall–Kier alpha value is -0.350. The van der Waals surface area contributed by atoms with Crippen molar-refractivity contribution in [3.8, 4) is 0 Å². The van der Waals surface area contributed by atoms with Gasteiger partial charge in [-0.05, 0) is 35.2 Å². The van der Waals surface area contributed by atoms with Gasteiger partial charge in [0.15, 0.2) is 0 Å². The third kappa shape index (κ3) is 1.54. The summed E-state index contributed by atoms with van der Waals surface area (Å²) in [6.45, 7) is 0. The van der Waals surface area contributed by atoms with Crippen molar-refractivity contribution in [1.82, 2.24) is 9.78 Å². The Morgan fingerprint density at radius 3 is 2.92 bits per heavy atom. The molecule has 66 valence electrons. The lowest BCUT2D eigenvalue weighted by molar-refractivity contribution is 0.177. The molecule has 12 heavy (non-hydrogen) atoms. The van der Waals surface area contributed by atoms with E-state index in [-0.39, 0.29) is 6.10 Å². The molecule has 2 rings (SSSR count). The van der Waals surface area contributed by atoms with Crippen LogP contribution in [0.2, 0.25) is 0 Å². The standard InChI is InChI=1S/C8H11BrN2O/c9-6-4-10-11(5-6)7-1-2-8(12)3-7/h4-5,7-8,12H,1-3H2. The van der Waals surface area contributed by atoms with Gasteiger partial charge in [0.2, 0.25) is 0 Å². The van der Waals surface area contributed by atoms with Crippen molar-refractivity contribution in [2.24, 2.45) is 0 Å². The minimum atomic E-state index is -0.127. The van der Waals surface area contributed by atoms with Crippen molar-refractivity contribution in [2.45, 2.75) is 31.4 Å². The lowest BCUT2D eigenvalue weighted by atomic mass is 10.2. The topological polar surface area (TPSA) is 38.0 Å². The van der Waals surface area contributed by atoms with Crippen LogP contribution in [0.5, 0.6) is 0 Å². The predicted octanol–water partition coefficient (Wildman–Crippen LogP) is 1.73. The highest BCUT2D eigenvalue weighted by atomic mass is 79.9. The van der Waals surface area contributed by atoms with E-state index in [0.29, 0.717) is 6.04 Å². The van der Waals surface area contributed by atoms with Gasteiger partial charge in [-0.1, -0.05) is 0 Å². The Bertz CT molecular complexity index is 274. The summed E-state index contributed by atoms with van der Waals surface area (Å²) in [5.74, 6) is 0. The summed E-state index contributed by atoms with van der Waals surface area (Å²) in [5, 5.41) is 13.5. The molecule has 0 saturated heterocycles. The van der Waals surface area contributed by atoms with Gasteiger partial charge in [-0.25, -0.2) is 0 Å². The van der Waals surface area contributed by atoms with Crippen LogP contribution in [0.25, 0.3) is 0 Å². The average Bonchev–Trinajstić information content (AvgIpc) is 2.58.